The number of rotatable bonds is 3. The maximum absolute atomic E-state index is 13.1. The molecule has 2 aliphatic heterocycles. The van der Waals surface area contributed by atoms with Crippen molar-refractivity contribution in [1.29, 1.82) is 0 Å². The van der Waals surface area contributed by atoms with Crippen molar-refractivity contribution in [2.75, 3.05) is 57.4 Å². The summed E-state index contributed by atoms with van der Waals surface area (Å²) < 4.78 is 10.8. The third-order valence-electron chi connectivity index (χ3n) is 5.47. The summed E-state index contributed by atoms with van der Waals surface area (Å²) in [4.78, 5) is 39.7. The quantitative estimate of drug-likeness (QED) is 0.754. The molecule has 1 atom stereocenters. The van der Waals surface area contributed by atoms with Gasteiger partial charge in [0.1, 0.15) is 5.76 Å². The van der Waals surface area contributed by atoms with E-state index in [2.05, 4.69) is 14.9 Å². The number of hydrogen-bond acceptors (Lipinski definition) is 7. The SMILES string of the molecule is Cc1ocnc1C(=O)N1CCOCC(C(=O)N2CCN(c3ccncc3)CC2)C1. The number of amides is 2. The van der Waals surface area contributed by atoms with E-state index in [1.165, 1.54) is 6.39 Å². The second-order valence-electron chi connectivity index (χ2n) is 7.30. The van der Waals surface area contributed by atoms with Crippen molar-refractivity contribution in [3.8, 4) is 0 Å². The van der Waals surface area contributed by atoms with Crippen LogP contribution in [0.1, 0.15) is 16.2 Å². The third kappa shape index (κ3) is 4.24. The van der Waals surface area contributed by atoms with Crippen LogP contribution in [0.25, 0.3) is 0 Å². The summed E-state index contributed by atoms with van der Waals surface area (Å²) in [5.74, 6) is -0.0746. The summed E-state index contributed by atoms with van der Waals surface area (Å²) in [7, 11) is 0. The molecule has 0 spiro atoms. The predicted octanol–water partition coefficient (Wildman–Crippen LogP) is 0.815. The average Bonchev–Trinajstić information content (AvgIpc) is 3.04. The number of carbonyl (C=O) groups is 2. The lowest BCUT2D eigenvalue weighted by Crippen LogP contribution is -2.52. The Balaban J connectivity index is 1.38. The molecular formula is C20H25N5O4. The van der Waals surface area contributed by atoms with Crippen molar-refractivity contribution in [2.45, 2.75) is 6.92 Å². The van der Waals surface area contributed by atoms with Crippen LogP contribution < -0.4 is 4.90 Å². The fraction of sp³-hybridized carbons (Fsp3) is 0.500. The van der Waals surface area contributed by atoms with E-state index in [1.807, 2.05) is 17.0 Å². The Hall–Kier alpha value is -2.94. The smallest absolute Gasteiger partial charge is 0.276 e. The number of anilines is 1. The summed E-state index contributed by atoms with van der Waals surface area (Å²) in [6, 6.07) is 3.96. The van der Waals surface area contributed by atoms with E-state index >= 15 is 0 Å². The highest BCUT2D eigenvalue weighted by Crippen LogP contribution is 2.18. The van der Waals surface area contributed by atoms with E-state index in [4.69, 9.17) is 9.15 Å². The van der Waals surface area contributed by atoms with Gasteiger partial charge in [0, 0.05) is 57.3 Å². The molecule has 1 unspecified atom stereocenters. The zero-order valence-electron chi connectivity index (χ0n) is 16.5. The zero-order valence-corrected chi connectivity index (χ0v) is 16.5. The lowest BCUT2D eigenvalue weighted by molar-refractivity contribution is -0.137. The van der Waals surface area contributed by atoms with E-state index < -0.39 is 0 Å². The van der Waals surface area contributed by atoms with Crippen molar-refractivity contribution >= 4 is 17.5 Å². The molecule has 2 aromatic rings. The summed E-state index contributed by atoms with van der Waals surface area (Å²) in [5.41, 5.74) is 1.41. The molecule has 0 bridgehead atoms. The largest absolute Gasteiger partial charge is 0.448 e. The molecule has 4 rings (SSSR count). The van der Waals surface area contributed by atoms with Gasteiger partial charge in [-0.05, 0) is 19.1 Å². The summed E-state index contributed by atoms with van der Waals surface area (Å²) >= 11 is 0. The van der Waals surface area contributed by atoms with Crippen LogP contribution >= 0.6 is 0 Å². The predicted molar refractivity (Wildman–Crippen MR) is 104 cm³/mol. The second-order valence-corrected chi connectivity index (χ2v) is 7.30. The van der Waals surface area contributed by atoms with Gasteiger partial charge in [-0.15, -0.1) is 0 Å². The normalized spacial score (nSPS) is 20.4. The molecule has 4 heterocycles. The summed E-state index contributed by atoms with van der Waals surface area (Å²) in [5, 5.41) is 0. The van der Waals surface area contributed by atoms with E-state index in [0.717, 1.165) is 18.8 Å². The Morgan fingerprint density at radius 2 is 1.83 bits per heavy atom. The Morgan fingerprint density at radius 1 is 1.07 bits per heavy atom. The minimum Gasteiger partial charge on any atom is -0.448 e. The first-order valence-corrected chi connectivity index (χ1v) is 9.84. The molecule has 154 valence electrons. The Kier molecular flexibility index (Phi) is 5.75. The maximum atomic E-state index is 13.1. The zero-order chi connectivity index (χ0) is 20.2. The summed E-state index contributed by atoms with van der Waals surface area (Å²) in [6.07, 6.45) is 4.82. The van der Waals surface area contributed by atoms with Gasteiger partial charge in [0.2, 0.25) is 5.91 Å². The van der Waals surface area contributed by atoms with Crippen molar-refractivity contribution in [2.24, 2.45) is 5.92 Å². The number of aryl methyl sites for hydroxylation is 1. The molecule has 0 saturated carbocycles. The molecule has 9 heteroatoms. The second kappa shape index (κ2) is 8.60. The molecule has 0 aromatic carbocycles. The van der Waals surface area contributed by atoms with Gasteiger partial charge in [0.15, 0.2) is 12.1 Å². The van der Waals surface area contributed by atoms with Gasteiger partial charge in [0.05, 0.1) is 19.1 Å². The molecule has 9 nitrogen and oxygen atoms in total. The van der Waals surface area contributed by atoms with Crippen molar-refractivity contribution in [1.82, 2.24) is 19.8 Å². The van der Waals surface area contributed by atoms with Gasteiger partial charge in [-0.25, -0.2) is 4.98 Å². The third-order valence-corrected chi connectivity index (χ3v) is 5.47. The van der Waals surface area contributed by atoms with Gasteiger partial charge in [-0.2, -0.15) is 0 Å². The maximum Gasteiger partial charge on any atom is 0.276 e. The highest BCUT2D eigenvalue weighted by molar-refractivity contribution is 5.93. The Morgan fingerprint density at radius 3 is 2.52 bits per heavy atom. The van der Waals surface area contributed by atoms with Gasteiger partial charge >= 0.3 is 0 Å². The van der Waals surface area contributed by atoms with E-state index in [-0.39, 0.29) is 17.7 Å². The molecule has 0 aliphatic carbocycles. The lowest BCUT2D eigenvalue weighted by Gasteiger charge is -2.37. The van der Waals surface area contributed by atoms with E-state index in [1.54, 1.807) is 24.2 Å². The Labute approximate surface area is 169 Å². The highest BCUT2D eigenvalue weighted by Gasteiger charge is 2.33. The molecular weight excluding hydrogens is 374 g/mol. The highest BCUT2D eigenvalue weighted by atomic mass is 16.5. The Bertz CT molecular complexity index is 848. The first-order chi connectivity index (χ1) is 14.1. The molecule has 0 radical (unpaired) electrons. The molecule has 29 heavy (non-hydrogen) atoms. The van der Waals surface area contributed by atoms with Crippen molar-refractivity contribution in [3.05, 3.63) is 42.4 Å². The first-order valence-electron chi connectivity index (χ1n) is 9.84. The van der Waals surface area contributed by atoms with E-state index in [9.17, 15) is 9.59 Å². The van der Waals surface area contributed by atoms with Gasteiger partial charge in [0.25, 0.3) is 5.91 Å². The molecule has 2 fully saturated rings. The molecule has 2 aromatic heterocycles. The number of hydrogen-bond donors (Lipinski definition) is 0. The average molecular weight is 399 g/mol. The van der Waals surface area contributed by atoms with Crippen LogP contribution in [0.5, 0.6) is 0 Å². The van der Waals surface area contributed by atoms with E-state index in [0.29, 0.717) is 50.8 Å². The number of piperazine rings is 1. The molecule has 2 amide bonds. The number of aromatic nitrogens is 2. The fourth-order valence-electron chi connectivity index (χ4n) is 3.80. The minimum absolute atomic E-state index is 0.0379. The van der Waals surface area contributed by atoms with Crippen LogP contribution in [0.15, 0.2) is 35.3 Å². The van der Waals surface area contributed by atoms with Crippen molar-refractivity contribution < 1.29 is 18.7 Å². The van der Waals surface area contributed by atoms with Gasteiger partial charge in [-0.1, -0.05) is 0 Å². The minimum atomic E-state index is -0.374. The van der Waals surface area contributed by atoms with Gasteiger partial charge < -0.3 is 23.9 Å². The molecule has 2 aliphatic rings. The topological polar surface area (TPSA) is 92.0 Å². The number of pyridine rings is 1. The summed E-state index contributed by atoms with van der Waals surface area (Å²) in [6.45, 7) is 6.03. The fourth-order valence-corrected chi connectivity index (χ4v) is 3.80. The number of nitrogens with zero attached hydrogens (tertiary/aromatic N) is 5. The monoisotopic (exact) mass is 399 g/mol. The molecule has 2 saturated heterocycles. The standard InChI is InChI=1S/C20H25N5O4/c1-15-18(22-14-29-15)20(27)25-10-11-28-13-16(12-25)19(26)24-8-6-23(7-9-24)17-2-4-21-5-3-17/h2-5,14,16H,6-13H2,1H3. The molecule has 0 N–H and O–H groups in total. The van der Waals surface area contributed by atoms with Crippen LogP contribution in [0.2, 0.25) is 0 Å². The van der Waals surface area contributed by atoms with Crippen LogP contribution in [-0.4, -0.2) is 84.1 Å². The van der Waals surface area contributed by atoms with Crippen LogP contribution in [0.4, 0.5) is 5.69 Å². The number of oxazole rings is 1. The van der Waals surface area contributed by atoms with Crippen molar-refractivity contribution in [3.63, 3.8) is 0 Å². The number of ether oxygens (including phenoxy) is 1. The van der Waals surface area contributed by atoms with Crippen LogP contribution in [-0.2, 0) is 9.53 Å². The van der Waals surface area contributed by atoms with Gasteiger partial charge in [-0.3, -0.25) is 14.6 Å². The first kappa shape index (κ1) is 19.4. The van der Waals surface area contributed by atoms with Crippen LogP contribution in [0, 0.1) is 12.8 Å². The van der Waals surface area contributed by atoms with Crippen LogP contribution in [0.3, 0.4) is 0 Å². The lowest BCUT2D eigenvalue weighted by atomic mass is 10.1. The number of carbonyl (C=O) groups excluding carboxylic acids is 2.